The minimum atomic E-state index is -4.33. The van der Waals surface area contributed by atoms with Gasteiger partial charge in [0.1, 0.15) is 5.82 Å². The van der Waals surface area contributed by atoms with E-state index in [1.54, 1.807) is 6.92 Å². The molecule has 0 aromatic carbocycles. The van der Waals surface area contributed by atoms with E-state index in [9.17, 15) is 13.2 Å². The lowest BCUT2D eigenvalue weighted by molar-refractivity contribution is -0.137. The predicted molar refractivity (Wildman–Crippen MR) is 70.5 cm³/mol. The number of hydrogen-bond acceptors (Lipinski definition) is 3. The predicted octanol–water partition coefficient (Wildman–Crippen LogP) is 2.96. The van der Waals surface area contributed by atoms with Crippen molar-refractivity contribution in [3.05, 3.63) is 23.4 Å². The maximum atomic E-state index is 12.7. The average Bonchev–Trinajstić information content (AvgIpc) is 2.97. The molecule has 3 nitrogen and oxygen atoms in total. The van der Waals surface area contributed by atoms with Gasteiger partial charge in [-0.15, -0.1) is 0 Å². The fourth-order valence-corrected chi connectivity index (χ4v) is 2.88. The van der Waals surface area contributed by atoms with E-state index in [4.69, 9.17) is 0 Å². The maximum absolute atomic E-state index is 12.7. The molecule has 1 saturated heterocycles. The van der Waals surface area contributed by atoms with E-state index < -0.39 is 11.7 Å². The number of hydrogen-bond donors (Lipinski definition) is 2. The van der Waals surface area contributed by atoms with Crippen molar-refractivity contribution in [3.8, 4) is 0 Å². The highest BCUT2D eigenvalue weighted by Gasteiger charge is 2.47. The SMILES string of the molecule is Cc1cc(C(F)(F)F)cc(NC[C@@H]2CC3(CC3)CN2)n1. The van der Waals surface area contributed by atoms with Gasteiger partial charge in [0.05, 0.1) is 5.56 Å². The zero-order valence-electron chi connectivity index (χ0n) is 11.3. The van der Waals surface area contributed by atoms with Crippen LogP contribution in [0, 0.1) is 12.3 Å². The topological polar surface area (TPSA) is 37.0 Å². The first-order chi connectivity index (χ1) is 9.36. The third-order valence-corrected chi connectivity index (χ3v) is 4.21. The summed E-state index contributed by atoms with van der Waals surface area (Å²) < 4.78 is 38.2. The highest BCUT2D eigenvalue weighted by atomic mass is 19.4. The van der Waals surface area contributed by atoms with Gasteiger partial charge in [0.2, 0.25) is 0 Å². The molecule has 110 valence electrons. The molecular weight excluding hydrogens is 267 g/mol. The molecule has 1 saturated carbocycles. The molecule has 2 N–H and O–H groups in total. The zero-order valence-corrected chi connectivity index (χ0v) is 11.3. The third kappa shape index (κ3) is 2.90. The molecular formula is C14H18F3N3. The smallest absolute Gasteiger partial charge is 0.368 e. The fourth-order valence-electron chi connectivity index (χ4n) is 2.88. The minimum absolute atomic E-state index is 0.302. The molecule has 1 aliphatic heterocycles. The van der Waals surface area contributed by atoms with Gasteiger partial charge in [-0.2, -0.15) is 13.2 Å². The van der Waals surface area contributed by atoms with E-state index in [0.29, 0.717) is 29.5 Å². The van der Waals surface area contributed by atoms with Crippen molar-refractivity contribution in [2.75, 3.05) is 18.4 Å². The number of anilines is 1. The molecule has 1 atom stereocenters. The summed E-state index contributed by atoms with van der Waals surface area (Å²) in [7, 11) is 0. The highest BCUT2D eigenvalue weighted by Crippen LogP contribution is 2.51. The molecule has 0 amide bonds. The monoisotopic (exact) mass is 285 g/mol. The number of alkyl halides is 3. The van der Waals surface area contributed by atoms with Crippen LogP contribution in [0.4, 0.5) is 19.0 Å². The number of aromatic nitrogens is 1. The van der Waals surface area contributed by atoms with Crippen molar-refractivity contribution in [2.24, 2.45) is 5.41 Å². The molecule has 0 radical (unpaired) electrons. The molecule has 0 unspecified atom stereocenters. The Morgan fingerprint density at radius 3 is 2.75 bits per heavy atom. The van der Waals surface area contributed by atoms with Crippen LogP contribution in [-0.2, 0) is 6.18 Å². The van der Waals surface area contributed by atoms with Gasteiger partial charge in [-0.05, 0) is 43.7 Å². The summed E-state index contributed by atoms with van der Waals surface area (Å²) in [5, 5.41) is 6.46. The molecule has 2 heterocycles. The van der Waals surface area contributed by atoms with Crippen LogP contribution in [0.5, 0.6) is 0 Å². The van der Waals surface area contributed by atoms with Gasteiger partial charge in [-0.1, -0.05) is 0 Å². The lowest BCUT2D eigenvalue weighted by Gasteiger charge is -2.14. The van der Waals surface area contributed by atoms with Crippen LogP contribution in [0.15, 0.2) is 12.1 Å². The first-order valence-electron chi connectivity index (χ1n) is 6.90. The van der Waals surface area contributed by atoms with Crippen LogP contribution in [0.2, 0.25) is 0 Å². The van der Waals surface area contributed by atoms with Gasteiger partial charge in [-0.3, -0.25) is 0 Å². The number of nitrogens with one attached hydrogen (secondary N) is 2. The van der Waals surface area contributed by atoms with Crippen LogP contribution in [-0.4, -0.2) is 24.1 Å². The normalized spacial score (nSPS) is 24.1. The van der Waals surface area contributed by atoms with Crippen LogP contribution < -0.4 is 10.6 Å². The van der Waals surface area contributed by atoms with Crippen molar-refractivity contribution in [1.82, 2.24) is 10.3 Å². The second kappa shape index (κ2) is 4.62. The van der Waals surface area contributed by atoms with E-state index in [2.05, 4.69) is 15.6 Å². The summed E-state index contributed by atoms with van der Waals surface area (Å²) in [5.74, 6) is 0.302. The van der Waals surface area contributed by atoms with Crippen LogP contribution >= 0.6 is 0 Å². The molecule has 2 fully saturated rings. The van der Waals surface area contributed by atoms with Gasteiger partial charge in [0.15, 0.2) is 0 Å². The molecule has 6 heteroatoms. The van der Waals surface area contributed by atoms with E-state index in [-0.39, 0.29) is 0 Å². The van der Waals surface area contributed by atoms with Crippen LogP contribution in [0.25, 0.3) is 0 Å². The Balaban J connectivity index is 1.63. The number of pyridine rings is 1. The summed E-state index contributed by atoms with van der Waals surface area (Å²) in [6, 6.07) is 2.47. The van der Waals surface area contributed by atoms with Crippen molar-refractivity contribution < 1.29 is 13.2 Å². The van der Waals surface area contributed by atoms with Crippen molar-refractivity contribution >= 4 is 5.82 Å². The Morgan fingerprint density at radius 2 is 2.15 bits per heavy atom. The van der Waals surface area contributed by atoms with E-state index in [1.165, 1.54) is 12.8 Å². The van der Waals surface area contributed by atoms with Crippen molar-refractivity contribution in [3.63, 3.8) is 0 Å². The minimum Gasteiger partial charge on any atom is -0.368 e. The summed E-state index contributed by atoms with van der Waals surface area (Å²) in [4.78, 5) is 4.12. The molecule has 1 aromatic rings. The number of nitrogens with zero attached hydrogens (tertiary/aromatic N) is 1. The van der Waals surface area contributed by atoms with Crippen LogP contribution in [0.3, 0.4) is 0 Å². The Morgan fingerprint density at radius 1 is 1.40 bits per heavy atom. The lowest BCUT2D eigenvalue weighted by atomic mass is 10.0. The van der Waals surface area contributed by atoms with Crippen molar-refractivity contribution in [1.29, 1.82) is 0 Å². The van der Waals surface area contributed by atoms with Gasteiger partial charge in [0.25, 0.3) is 0 Å². The first-order valence-corrected chi connectivity index (χ1v) is 6.90. The number of halogens is 3. The Labute approximate surface area is 116 Å². The van der Waals surface area contributed by atoms with E-state index >= 15 is 0 Å². The fraction of sp³-hybridized carbons (Fsp3) is 0.643. The first kappa shape index (κ1) is 13.7. The van der Waals surface area contributed by atoms with Crippen LogP contribution in [0.1, 0.15) is 30.5 Å². The average molecular weight is 285 g/mol. The summed E-state index contributed by atoms with van der Waals surface area (Å²) in [5.41, 5.74) is 0.217. The maximum Gasteiger partial charge on any atom is 0.416 e. The summed E-state index contributed by atoms with van der Waals surface area (Å²) >= 11 is 0. The van der Waals surface area contributed by atoms with Gasteiger partial charge >= 0.3 is 6.18 Å². The van der Waals surface area contributed by atoms with E-state index in [1.807, 2.05) is 0 Å². The van der Waals surface area contributed by atoms with Crippen molar-refractivity contribution in [2.45, 2.75) is 38.4 Å². The Hall–Kier alpha value is -1.30. The number of aryl methyl sites for hydroxylation is 1. The molecule has 20 heavy (non-hydrogen) atoms. The Bertz CT molecular complexity index is 509. The second-order valence-electron chi connectivity index (χ2n) is 6.04. The van der Waals surface area contributed by atoms with E-state index in [0.717, 1.165) is 25.1 Å². The quantitative estimate of drug-likeness (QED) is 0.896. The number of rotatable bonds is 3. The summed E-state index contributed by atoms with van der Waals surface area (Å²) in [6.07, 6.45) is -0.666. The molecule has 1 spiro atoms. The lowest BCUT2D eigenvalue weighted by Crippen LogP contribution is -2.29. The summed E-state index contributed by atoms with van der Waals surface area (Å²) in [6.45, 7) is 3.23. The second-order valence-corrected chi connectivity index (χ2v) is 6.04. The molecule has 0 bridgehead atoms. The molecule has 3 rings (SSSR count). The molecule has 1 aliphatic carbocycles. The van der Waals surface area contributed by atoms with Gasteiger partial charge in [0, 0.05) is 24.8 Å². The Kier molecular flexibility index (Phi) is 3.16. The van der Waals surface area contributed by atoms with Gasteiger partial charge < -0.3 is 10.6 Å². The molecule has 2 aliphatic rings. The zero-order chi connectivity index (χ0) is 14.4. The largest absolute Gasteiger partial charge is 0.416 e. The van der Waals surface area contributed by atoms with Gasteiger partial charge in [-0.25, -0.2) is 4.98 Å². The molecule has 1 aromatic heterocycles. The standard InChI is InChI=1S/C14H18F3N3/c1-9-4-10(14(15,16)17)5-12(20-9)18-7-11-6-13(2-3-13)8-19-11/h4-5,11,19H,2-3,6-8H2,1H3,(H,18,20)/t11-/m0/s1. The highest BCUT2D eigenvalue weighted by molar-refractivity contribution is 5.41. The third-order valence-electron chi connectivity index (χ3n) is 4.21.